The number of hydrogen-bond donors (Lipinski definition) is 1. The van der Waals surface area contributed by atoms with Crippen molar-refractivity contribution in [3.05, 3.63) is 46.0 Å². The Labute approximate surface area is 126 Å². The number of piperazine rings is 1. The summed E-state index contributed by atoms with van der Waals surface area (Å²) in [4.78, 5) is 6.79. The van der Waals surface area contributed by atoms with Gasteiger partial charge < -0.3 is 9.84 Å². The molecule has 1 fully saturated rings. The minimum absolute atomic E-state index is 0.198. The van der Waals surface area contributed by atoms with E-state index in [0.29, 0.717) is 12.3 Å². The molecule has 0 spiro atoms. The minimum atomic E-state index is 0.198. The Morgan fingerprint density at radius 3 is 3.20 bits per heavy atom. The number of rotatable bonds is 3. The lowest BCUT2D eigenvalue weighted by atomic mass is 10.1. The summed E-state index contributed by atoms with van der Waals surface area (Å²) in [5.41, 5.74) is 1.16. The first-order chi connectivity index (χ1) is 9.72. The highest BCUT2D eigenvalue weighted by Crippen LogP contribution is 2.19. The lowest BCUT2D eigenvalue weighted by molar-refractivity contribution is 0.190. The Hall–Kier alpha value is -1.24. The molecule has 1 aliphatic heterocycles. The molecule has 106 valence electrons. The lowest BCUT2D eigenvalue weighted by Gasteiger charge is -2.30. The van der Waals surface area contributed by atoms with E-state index in [1.165, 1.54) is 0 Å². The summed E-state index contributed by atoms with van der Waals surface area (Å²) in [6, 6.07) is 8.34. The maximum Gasteiger partial charge on any atom is 0.231 e. The Bertz CT molecular complexity index is 586. The van der Waals surface area contributed by atoms with Crippen LogP contribution in [0.1, 0.15) is 23.3 Å². The first-order valence-electron chi connectivity index (χ1n) is 6.70. The summed E-state index contributed by atoms with van der Waals surface area (Å²) in [6.07, 6.45) is 0.663. The van der Waals surface area contributed by atoms with Crippen LogP contribution in [0.3, 0.4) is 0 Å². The number of halogens is 1. The van der Waals surface area contributed by atoms with E-state index in [2.05, 4.69) is 55.5 Å². The predicted octanol–water partition coefficient (Wildman–Crippen LogP) is 2.00. The van der Waals surface area contributed by atoms with Crippen LogP contribution in [0.25, 0.3) is 0 Å². The van der Waals surface area contributed by atoms with E-state index in [-0.39, 0.29) is 6.04 Å². The van der Waals surface area contributed by atoms with Crippen LogP contribution in [0.4, 0.5) is 0 Å². The van der Waals surface area contributed by atoms with Gasteiger partial charge in [-0.15, -0.1) is 0 Å². The molecule has 1 atom stereocenters. The molecule has 3 rings (SSSR count). The molecule has 6 heteroatoms. The molecule has 0 bridgehead atoms. The summed E-state index contributed by atoms with van der Waals surface area (Å²) in [5.74, 6) is 1.43. The smallest absolute Gasteiger partial charge is 0.231 e. The molecule has 1 unspecified atom stereocenters. The topological polar surface area (TPSA) is 54.2 Å². The van der Waals surface area contributed by atoms with E-state index >= 15 is 0 Å². The average Bonchev–Trinajstić information content (AvgIpc) is 2.87. The first-order valence-corrected chi connectivity index (χ1v) is 7.49. The van der Waals surface area contributed by atoms with E-state index in [0.717, 1.165) is 35.5 Å². The Morgan fingerprint density at radius 1 is 1.50 bits per heavy atom. The van der Waals surface area contributed by atoms with Crippen LogP contribution >= 0.6 is 15.9 Å². The number of aromatic nitrogens is 2. The summed E-state index contributed by atoms with van der Waals surface area (Å²) in [5, 5.41) is 7.49. The fourth-order valence-electron chi connectivity index (χ4n) is 2.39. The zero-order chi connectivity index (χ0) is 13.9. The van der Waals surface area contributed by atoms with Gasteiger partial charge in [-0.3, -0.25) is 4.90 Å². The van der Waals surface area contributed by atoms with Gasteiger partial charge in [0.05, 0.1) is 12.5 Å². The second kappa shape index (κ2) is 6.03. The van der Waals surface area contributed by atoms with Gasteiger partial charge in [-0.25, -0.2) is 0 Å². The number of benzene rings is 1. The number of likely N-dealkylation sites (N-methyl/N-ethyl adjacent to an activating group) is 1. The van der Waals surface area contributed by atoms with Gasteiger partial charge in [0.1, 0.15) is 0 Å². The fourth-order valence-corrected chi connectivity index (χ4v) is 2.84. The Morgan fingerprint density at radius 2 is 2.40 bits per heavy atom. The van der Waals surface area contributed by atoms with Crippen molar-refractivity contribution >= 4 is 15.9 Å². The van der Waals surface area contributed by atoms with Crippen LogP contribution in [0, 0.1) is 0 Å². The van der Waals surface area contributed by atoms with Crippen LogP contribution in [0.5, 0.6) is 0 Å². The molecule has 1 aliphatic rings. The molecular weight excluding hydrogens is 320 g/mol. The molecule has 1 aromatic heterocycles. The van der Waals surface area contributed by atoms with Crippen molar-refractivity contribution in [2.45, 2.75) is 12.5 Å². The van der Waals surface area contributed by atoms with Crippen molar-refractivity contribution in [3.8, 4) is 0 Å². The molecule has 5 nitrogen and oxygen atoms in total. The molecule has 1 aromatic carbocycles. The highest BCUT2D eigenvalue weighted by molar-refractivity contribution is 9.10. The fraction of sp³-hybridized carbons (Fsp3) is 0.429. The molecule has 2 aromatic rings. The van der Waals surface area contributed by atoms with Crippen molar-refractivity contribution in [3.63, 3.8) is 0 Å². The third-order valence-corrected chi connectivity index (χ3v) is 4.03. The number of nitrogens with one attached hydrogen (secondary N) is 1. The van der Waals surface area contributed by atoms with E-state index in [1.54, 1.807) is 0 Å². The second-order valence-corrected chi connectivity index (χ2v) is 5.97. The summed E-state index contributed by atoms with van der Waals surface area (Å²) >= 11 is 3.47. The van der Waals surface area contributed by atoms with Gasteiger partial charge in [-0.1, -0.05) is 33.2 Å². The standard InChI is InChI=1S/C14H17BrN4O/c1-19-6-5-16-9-12(19)14-17-13(20-18-14)8-10-3-2-4-11(15)7-10/h2-4,7,12,16H,5-6,8-9H2,1H3. The van der Waals surface area contributed by atoms with Crippen LogP contribution in [0.2, 0.25) is 0 Å². The maximum absolute atomic E-state index is 5.38. The molecule has 2 heterocycles. The van der Waals surface area contributed by atoms with Gasteiger partial charge in [0.25, 0.3) is 0 Å². The Kier molecular flexibility index (Phi) is 4.14. The molecule has 20 heavy (non-hydrogen) atoms. The van der Waals surface area contributed by atoms with Gasteiger partial charge in [0, 0.05) is 24.1 Å². The van der Waals surface area contributed by atoms with Crippen molar-refractivity contribution < 1.29 is 4.52 Å². The summed E-state index contributed by atoms with van der Waals surface area (Å²) in [6.45, 7) is 2.88. The highest BCUT2D eigenvalue weighted by Gasteiger charge is 2.25. The number of nitrogens with zero attached hydrogens (tertiary/aromatic N) is 3. The Balaban J connectivity index is 1.73. The van der Waals surface area contributed by atoms with Crippen molar-refractivity contribution in [1.82, 2.24) is 20.4 Å². The average molecular weight is 337 g/mol. The third kappa shape index (κ3) is 3.08. The normalized spacial score (nSPS) is 20.2. The third-order valence-electron chi connectivity index (χ3n) is 3.54. The molecule has 0 aliphatic carbocycles. The molecule has 0 amide bonds. The first kappa shape index (κ1) is 13.7. The predicted molar refractivity (Wildman–Crippen MR) is 79.5 cm³/mol. The molecule has 0 saturated carbocycles. The van der Waals surface area contributed by atoms with Gasteiger partial charge in [-0.2, -0.15) is 4.98 Å². The quantitative estimate of drug-likeness (QED) is 0.929. The highest BCUT2D eigenvalue weighted by atomic mass is 79.9. The van der Waals surface area contributed by atoms with Crippen molar-refractivity contribution in [2.24, 2.45) is 0 Å². The lowest BCUT2D eigenvalue weighted by Crippen LogP contribution is -2.44. The van der Waals surface area contributed by atoms with Crippen LogP contribution in [-0.4, -0.2) is 41.7 Å². The SMILES string of the molecule is CN1CCNCC1c1noc(Cc2cccc(Br)c2)n1. The van der Waals surface area contributed by atoms with Crippen LogP contribution in [-0.2, 0) is 6.42 Å². The van der Waals surface area contributed by atoms with Gasteiger partial charge >= 0.3 is 0 Å². The van der Waals surface area contributed by atoms with Gasteiger partial charge in [-0.05, 0) is 24.7 Å². The second-order valence-electron chi connectivity index (χ2n) is 5.05. The van der Waals surface area contributed by atoms with Gasteiger partial charge in [0.15, 0.2) is 5.82 Å². The molecule has 1 N–H and O–H groups in total. The van der Waals surface area contributed by atoms with Crippen LogP contribution < -0.4 is 5.32 Å². The molecule has 1 saturated heterocycles. The summed E-state index contributed by atoms with van der Waals surface area (Å²) < 4.78 is 6.44. The van der Waals surface area contributed by atoms with Gasteiger partial charge in [0.2, 0.25) is 5.89 Å². The minimum Gasteiger partial charge on any atom is -0.339 e. The zero-order valence-corrected chi connectivity index (χ0v) is 12.9. The monoisotopic (exact) mass is 336 g/mol. The maximum atomic E-state index is 5.38. The largest absolute Gasteiger partial charge is 0.339 e. The summed E-state index contributed by atoms with van der Waals surface area (Å²) in [7, 11) is 2.09. The molecule has 0 radical (unpaired) electrons. The van der Waals surface area contributed by atoms with Crippen LogP contribution in [0.15, 0.2) is 33.3 Å². The van der Waals surface area contributed by atoms with E-state index < -0.39 is 0 Å². The van der Waals surface area contributed by atoms with E-state index in [9.17, 15) is 0 Å². The molecular formula is C14H17BrN4O. The zero-order valence-electron chi connectivity index (χ0n) is 11.3. The van der Waals surface area contributed by atoms with Crippen molar-refractivity contribution in [2.75, 3.05) is 26.7 Å². The van der Waals surface area contributed by atoms with E-state index in [4.69, 9.17) is 4.52 Å². The van der Waals surface area contributed by atoms with E-state index in [1.807, 2.05) is 12.1 Å². The van der Waals surface area contributed by atoms with Crippen molar-refractivity contribution in [1.29, 1.82) is 0 Å². The number of hydrogen-bond acceptors (Lipinski definition) is 5.